The summed E-state index contributed by atoms with van der Waals surface area (Å²) in [5.41, 5.74) is 0.122. The molecule has 2 aromatic rings. The molecule has 2 N–H and O–H groups in total. The van der Waals surface area contributed by atoms with E-state index in [0.29, 0.717) is 18.8 Å². The Morgan fingerprint density at radius 3 is 2.90 bits per heavy atom. The Hall–Kier alpha value is -1.96. The van der Waals surface area contributed by atoms with Crippen LogP contribution in [0, 0.1) is 5.82 Å². The first-order valence-electron chi connectivity index (χ1n) is 5.78. The molecule has 0 saturated carbocycles. The molecule has 0 spiro atoms. The molecule has 0 atom stereocenters. The van der Waals surface area contributed by atoms with Crippen molar-refractivity contribution < 1.29 is 14.3 Å². The average Bonchev–Trinajstić information content (AvgIpc) is 2.80. The van der Waals surface area contributed by atoms with Crippen LogP contribution < -0.4 is 5.32 Å². The van der Waals surface area contributed by atoms with Crippen LogP contribution in [0.15, 0.2) is 22.9 Å². The minimum atomic E-state index is -1.18. The molecule has 0 bridgehead atoms. The number of carboxylic acid groups (broad SMARTS) is 1. The first-order chi connectivity index (χ1) is 9.49. The zero-order valence-electron chi connectivity index (χ0n) is 10.6. The molecular weight excluding hydrogens is 331 g/mol. The van der Waals surface area contributed by atoms with Crippen LogP contribution in [-0.4, -0.2) is 32.4 Å². The van der Waals surface area contributed by atoms with E-state index in [1.807, 2.05) is 0 Å². The summed E-state index contributed by atoms with van der Waals surface area (Å²) in [6, 6.07) is 2.74. The number of hydrogen-bond acceptors (Lipinski definition) is 4. The smallest absolute Gasteiger partial charge is 0.336 e. The first kappa shape index (κ1) is 14.4. The lowest BCUT2D eigenvalue weighted by molar-refractivity contribution is 0.0695. The normalized spacial score (nSPS) is 10.6. The summed E-state index contributed by atoms with van der Waals surface area (Å²) in [5.74, 6) is -1.15. The molecule has 0 aliphatic rings. The van der Waals surface area contributed by atoms with Gasteiger partial charge in [0, 0.05) is 20.0 Å². The number of aromatic nitrogens is 3. The van der Waals surface area contributed by atoms with E-state index >= 15 is 0 Å². The lowest BCUT2D eigenvalue weighted by atomic mass is 10.2. The highest BCUT2D eigenvalue weighted by Crippen LogP contribution is 2.27. The standard InChI is InChI=1S/C12H12BrFN4O2/c1-18-6-16-9(17-18)4-5-15-8-3-2-7(12(19)20)10(13)11(8)14/h2-3,6,15H,4-5H2,1H3,(H,19,20). The summed E-state index contributed by atoms with van der Waals surface area (Å²) in [5, 5.41) is 15.9. The van der Waals surface area contributed by atoms with Crippen molar-refractivity contribution in [3.63, 3.8) is 0 Å². The first-order valence-corrected chi connectivity index (χ1v) is 6.58. The van der Waals surface area contributed by atoms with E-state index in [4.69, 9.17) is 5.11 Å². The molecule has 20 heavy (non-hydrogen) atoms. The summed E-state index contributed by atoms with van der Waals surface area (Å²) in [7, 11) is 1.77. The Balaban J connectivity index is 2.03. The van der Waals surface area contributed by atoms with Crippen LogP contribution in [0.4, 0.5) is 10.1 Å². The van der Waals surface area contributed by atoms with Crippen molar-refractivity contribution in [1.29, 1.82) is 0 Å². The molecule has 0 aliphatic heterocycles. The molecule has 0 saturated heterocycles. The third-order valence-electron chi connectivity index (χ3n) is 2.62. The molecule has 1 heterocycles. The number of aryl methyl sites for hydroxylation is 1. The number of anilines is 1. The quantitative estimate of drug-likeness (QED) is 0.869. The minimum absolute atomic E-state index is 0.0639. The predicted molar refractivity (Wildman–Crippen MR) is 74.3 cm³/mol. The SMILES string of the molecule is Cn1cnc(CCNc2ccc(C(=O)O)c(Br)c2F)n1. The molecule has 0 radical (unpaired) electrons. The number of benzene rings is 1. The van der Waals surface area contributed by atoms with E-state index in [9.17, 15) is 9.18 Å². The molecule has 2 rings (SSSR count). The summed E-state index contributed by atoms with van der Waals surface area (Å²) in [6.45, 7) is 0.444. The van der Waals surface area contributed by atoms with Gasteiger partial charge in [0.15, 0.2) is 11.6 Å². The zero-order valence-corrected chi connectivity index (χ0v) is 12.2. The Kier molecular flexibility index (Phi) is 4.33. The highest BCUT2D eigenvalue weighted by Gasteiger charge is 2.15. The van der Waals surface area contributed by atoms with Gasteiger partial charge in [0.2, 0.25) is 0 Å². The topological polar surface area (TPSA) is 80.0 Å². The fourth-order valence-electron chi connectivity index (χ4n) is 1.66. The van der Waals surface area contributed by atoms with Crippen molar-refractivity contribution in [2.75, 3.05) is 11.9 Å². The van der Waals surface area contributed by atoms with E-state index in [2.05, 4.69) is 31.3 Å². The van der Waals surface area contributed by atoms with E-state index < -0.39 is 11.8 Å². The van der Waals surface area contributed by atoms with E-state index in [1.54, 1.807) is 18.1 Å². The lowest BCUT2D eigenvalue weighted by Gasteiger charge is -2.09. The number of rotatable bonds is 5. The number of nitrogens with zero attached hydrogens (tertiary/aromatic N) is 3. The van der Waals surface area contributed by atoms with Gasteiger partial charge in [-0.1, -0.05) is 0 Å². The highest BCUT2D eigenvalue weighted by molar-refractivity contribution is 9.10. The average molecular weight is 343 g/mol. The fourth-order valence-corrected chi connectivity index (χ4v) is 2.17. The monoisotopic (exact) mass is 342 g/mol. The van der Waals surface area contributed by atoms with Crippen molar-refractivity contribution in [1.82, 2.24) is 14.8 Å². The number of halogens is 2. The predicted octanol–water partition coefficient (Wildman–Crippen LogP) is 2.07. The molecule has 0 fully saturated rings. The summed E-state index contributed by atoms with van der Waals surface area (Å²) >= 11 is 2.95. The van der Waals surface area contributed by atoms with Gasteiger partial charge in [-0.15, -0.1) is 0 Å². The van der Waals surface area contributed by atoms with Gasteiger partial charge in [0.25, 0.3) is 0 Å². The van der Waals surface area contributed by atoms with Crippen LogP contribution in [0.25, 0.3) is 0 Å². The Labute approximate surface area is 122 Å². The molecule has 6 nitrogen and oxygen atoms in total. The van der Waals surface area contributed by atoms with E-state index in [1.165, 1.54) is 12.1 Å². The largest absolute Gasteiger partial charge is 0.478 e. The molecule has 0 amide bonds. The lowest BCUT2D eigenvalue weighted by Crippen LogP contribution is -2.09. The van der Waals surface area contributed by atoms with Crippen LogP contribution >= 0.6 is 15.9 Å². The van der Waals surface area contributed by atoms with Gasteiger partial charge < -0.3 is 10.4 Å². The van der Waals surface area contributed by atoms with Gasteiger partial charge in [-0.05, 0) is 28.1 Å². The maximum Gasteiger partial charge on any atom is 0.336 e. The van der Waals surface area contributed by atoms with E-state index in [-0.39, 0.29) is 15.7 Å². The van der Waals surface area contributed by atoms with Crippen molar-refractivity contribution in [2.45, 2.75) is 6.42 Å². The Morgan fingerprint density at radius 2 is 2.30 bits per heavy atom. The van der Waals surface area contributed by atoms with E-state index in [0.717, 1.165) is 0 Å². The Bertz CT molecular complexity index is 644. The van der Waals surface area contributed by atoms with Gasteiger partial charge in [0.1, 0.15) is 6.33 Å². The number of aromatic carboxylic acids is 1. The molecule has 1 aromatic carbocycles. The number of nitrogens with one attached hydrogen (secondary N) is 1. The summed E-state index contributed by atoms with van der Waals surface area (Å²) in [6.07, 6.45) is 2.13. The van der Waals surface area contributed by atoms with Crippen molar-refractivity contribution in [2.24, 2.45) is 7.05 Å². The highest BCUT2D eigenvalue weighted by atomic mass is 79.9. The minimum Gasteiger partial charge on any atom is -0.478 e. The maximum absolute atomic E-state index is 13.9. The van der Waals surface area contributed by atoms with Gasteiger partial charge in [-0.3, -0.25) is 4.68 Å². The third kappa shape index (κ3) is 3.13. The molecule has 8 heteroatoms. The second-order valence-electron chi connectivity index (χ2n) is 4.11. The van der Waals surface area contributed by atoms with Crippen LogP contribution in [0.3, 0.4) is 0 Å². The second kappa shape index (κ2) is 6.00. The molecule has 0 aliphatic carbocycles. The van der Waals surface area contributed by atoms with Crippen LogP contribution in [-0.2, 0) is 13.5 Å². The Morgan fingerprint density at radius 1 is 1.55 bits per heavy atom. The van der Waals surface area contributed by atoms with Crippen molar-refractivity contribution in [3.05, 3.63) is 40.1 Å². The second-order valence-corrected chi connectivity index (χ2v) is 4.90. The summed E-state index contributed by atoms with van der Waals surface area (Å²) < 4.78 is 15.5. The maximum atomic E-state index is 13.9. The summed E-state index contributed by atoms with van der Waals surface area (Å²) in [4.78, 5) is 14.9. The number of hydrogen-bond donors (Lipinski definition) is 2. The molecular formula is C12H12BrFN4O2. The van der Waals surface area contributed by atoms with Gasteiger partial charge in [-0.25, -0.2) is 14.2 Å². The van der Waals surface area contributed by atoms with Crippen LogP contribution in [0.2, 0.25) is 0 Å². The number of carboxylic acids is 1. The van der Waals surface area contributed by atoms with Gasteiger partial charge >= 0.3 is 5.97 Å². The van der Waals surface area contributed by atoms with Gasteiger partial charge in [0.05, 0.1) is 15.7 Å². The van der Waals surface area contributed by atoms with Crippen molar-refractivity contribution >= 4 is 27.6 Å². The zero-order chi connectivity index (χ0) is 14.7. The molecule has 106 valence electrons. The number of carbonyl (C=O) groups is 1. The molecule has 1 aromatic heterocycles. The molecule has 0 unspecified atom stereocenters. The van der Waals surface area contributed by atoms with Crippen LogP contribution in [0.1, 0.15) is 16.2 Å². The van der Waals surface area contributed by atoms with Crippen LogP contribution in [0.5, 0.6) is 0 Å². The van der Waals surface area contributed by atoms with Crippen molar-refractivity contribution in [3.8, 4) is 0 Å². The third-order valence-corrected chi connectivity index (χ3v) is 3.40. The van der Waals surface area contributed by atoms with Gasteiger partial charge in [-0.2, -0.15) is 5.10 Å². The fraction of sp³-hybridized carbons (Fsp3) is 0.250.